The fourth-order valence-corrected chi connectivity index (χ4v) is 3.68. The number of hydrogen-bond donors (Lipinski definition) is 3. The quantitative estimate of drug-likeness (QED) is 0.224. The molecule has 3 rings (SSSR count). The van der Waals surface area contributed by atoms with Crippen molar-refractivity contribution in [2.75, 3.05) is 38.1 Å². The van der Waals surface area contributed by atoms with Crippen LogP contribution in [0.25, 0.3) is 0 Å². The first-order valence-electron chi connectivity index (χ1n) is 9.91. The minimum absolute atomic E-state index is 0. The zero-order chi connectivity index (χ0) is 19.1. The molecule has 0 radical (unpaired) electrons. The summed E-state index contributed by atoms with van der Waals surface area (Å²) in [7, 11) is 1.79. The van der Waals surface area contributed by atoms with E-state index in [1.165, 1.54) is 6.42 Å². The highest BCUT2D eigenvalue weighted by molar-refractivity contribution is 14.0. The Labute approximate surface area is 189 Å². The number of aliphatic imine (C=N–C) groups is 1. The van der Waals surface area contributed by atoms with Gasteiger partial charge >= 0.3 is 0 Å². The van der Waals surface area contributed by atoms with E-state index in [2.05, 4.69) is 31.9 Å². The van der Waals surface area contributed by atoms with Gasteiger partial charge in [-0.25, -0.2) is 0 Å². The largest absolute Gasteiger partial charge is 0.369 e. The van der Waals surface area contributed by atoms with Gasteiger partial charge in [0.1, 0.15) is 0 Å². The Hall–Kier alpha value is -1.22. The lowest BCUT2D eigenvalue weighted by Crippen LogP contribution is -2.45. The molecule has 1 heterocycles. The molecule has 1 aliphatic heterocycles. The van der Waals surface area contributed by atoms with Crippen LogP contribution in [0.15, 0.2) is 29.3 Å². The van der Waals surface area contributed by atoms with E-state index in [1.807, 2.05) is 18.2 Å². The highest BCUT2D eigenvalue weighted by Gasteiger charge is 2.25. The van der Waals surface area contributed by atoms with Gasteiger partial charge in [0, 0.05) is 55.9 Å². The van der Waals surface area contributed by atoms with E-state index in [-0.39, 0.29) is 35.8 Å². The van der Waals surface area contributed by atoms with Crippen LogP contribution in [0.1, 0.15) is 32.1 Å². The van der Waals surface area contributed by atoms with E-state index in [1.54, 1.807) is 7.05 Å². The Balaban J connectivity index is 0.00000280. The van der Waals surface area contributed by atoms with Crippen molar-refractivity contribution in [3.8, 4) is 0 Å². The summed E-state index contributed by atoms with van der Waals surface area (Å²) in [6.45, 7) is 3.43. The van der Waals surface area contributed by atoms with Gasteiger partial charge < -0.3 is 20.9 Å². The van der Waals surface area contributed by atoms with E-state index in [4.69, 9.17) is 11.6 Å². The second-order valence-corrected chi connectivity index (χ2v) is 7.76. The van der Waals surface area contributed by atoms with Crippen LogP contribution in [0.2, 0.25) is 5.02 Å². The number of amides is 1. The molecule has 1 atom stereocenters. The van der Waals surface area contributed by atoms with Crippen LogP contribution in [-0.4, -0.2) is 51.1 Å². The van der Waals surface area contributed by atoms with Gasteiger partial charge in [-0.05, 0) is 43.9 Å². The summed E-state index contributed by atoms with van der Waals surface area (Å²) >= 11 is 6.10. The fourth-order valence-electron chi connectivity index (χ4n) is 3.49. The monoisotopic (exact) mass is 519 g/mol. The maximum atomic E-state index is 11.8. The van der Waals surface area contributed by atoms with Gasteiger partial charge in [0.05, 0.1) is 0 Å². The Bertz CT molecular complexity index is 668. The molecule has 2 aliphatic rings. The third kappa shape index (κ3) is 6.69. The van der Waals surface area contributed by atoms with Crippen molar-refractivity contribution in [2.24, 2.45) is 10.9 Å². The van der Waals surface area contributed by atoms with Crippen LogP contribution in [-0.2, 0) is 4.79 Å². The average molecular weight is 520 g/mol. The summed E-state index contributed by atoms with van der Waals surface area (Å²) in [6, 6.07) is 8.35. The smallest absolute Gasteiger partial charge is 0.223 e. The number of nitrogens with one attached hydrogen (secondary N) is 3. The molecule has 8 heteroatoms. The van der Waals surface area contributed by atoms with Crippen molar-refractivity contribution in [3.63, 3.8) is 0 Å². The molecule has 156 valence electrons. The number of halogens is 2. The van der Waals surface area contributed by atoms with Gasteiger partial charge in [0.25, 0.3) is 0 Å². The maximum Gasteiger partial charge on any atom is 0.223 e. The van der Waals surface area contributed by atoms with E-state index >= 15 is 0 Å². The summed E-state index contributed by atoms with van der Waals surface area (Å²) in [6.07, 6.45) is 5.24. The van der Waals surface area contributed by atoms with E-state index < -0.39 is 0 Å². The molecule has 1 aliphatic carbocycles. The molecule has 6 nitrogen and oxygen atoms in total. The first kappa shape index (κ1) is 23.1. The number of benzene rings is 1. The molecule has 0 spiro atoms. The van der Waals surface area contributed by atoms with E-state index in [9.17, 15) is 4.79 Å². The molecule has 2 fully saturated rings. The van der Waals surface area contributed by atoms with Gasteiger partial charge in [-0.3, -0.25) is 9.79 Å². The number of anilines is 1. The standard InChI is InChI=1S/C20H30ClN5O.HI/c1-22-20(24-11-4-10-23-19(27)15-5-2-6-15)25-17-9-12-26(14-17)18-8-3-7-16(21)13-18;/h3,7-8,13,15,17H,2,4-6,9-12,14H2,1H3,(H,23,27)(H2,22,24,25);1H. The Kier molecular flexibility index (Phi) is 9.64. The Morgan fingerprint density at radius 3 is 2.71 bits per heavy atom. The van der Waals surface area contributed by atoms with E-state index in [0.29, 0.717) is 12.6 Å². The SMILES string of the molecule is CN=C(NCCCNC(=O)C1CCC1)NC1CCN(c2cccc(Cl)c2)C1.I. The summed E-state index contributed by atoms with van der Waals surface area (Å²) in [5.41, 5.74) is 1.16. The van der Waals surface area contributed by atoms with Crippen molar-refractivity contribution in [3.05, 3.63) is 29.3 Å². The number of guanidine groups is 1. The molecule has 1 saturated carbocycles. The number of hydrogen-bond acceptors (Lipinski definition) is 3. The van der Waals surface area contributed by atoms with Crippen LogP contribution in [0, 0.1) is 5.92 Å². The van der Waals surface area contributed by atoms with E-state index in [0.717, 1.165) is 62.0 Å². The molecular weight excluding hydrogens is 489 g/mol. The van der Waals surface area contributed by atoms with Crippen molar-refractivity contribution < 1.29 is 4.79 Å². The van der Waals surface area contributed by atoms with Crippen LogP contribution in [0.5, 0.6) is 0 Å². The lowest BCUT2D eigenvalue weighted by molar-refractivity contribution is -0.127. The summed E-state index contributed by atoms with van der Waals surface area (Å²) in [4.78, 5) is 18.5. The lowest BCUT2D eigenvalue weighted by Gasteiger charge is -2.24. The predicted molar refractivity (Wildman–Crippen MR) is 127 cm³/mol. The average Bonchev–Trinajstić information content (AvgIpc) is 3.07. The molecular formula is C20H31ClIN5O. The molecule has 1 saturated heterocycles. The topological polar surface area (TPSA) is 68.8 Å². The summed E-state index contributed by atoms with van der Waals surface area (Å²) < 4.78 is 0. The van der Waals surface area contributed by atoms with Crippen LogP contribution in [0.4, 0.5) is 5.69 Å². The van der Waals surface area contributed by atoms with Gasteiger partial charge in [-0.1, -0.05) is 24.1 Å². The molecule has 0 bridgehead atoms. The Morgan fingerprint density at radius 2 is 2.04 bits per heavy atom. The molecule has 1 unspecified atom stereocenters. The van der Waals surface area contributed by atoms with Crippen molar-refractivity contribution in [1.29, 1.82) is 0 Å². The highest BCUT2D eigenvalue weighted by atomic mass is 127. The minimum atomic E-state index is 0. The van der Waals surface area contributed by atoms with Gasteiger partial charge in [-0.2, -0.15) is 0 Å². The van der Waals surface area contributed by atoms with Gasteiger partial charge in [-0.15, -0.1) is 24.0 Å². The molecule has 0 aromatic heterocycles. The first-order valence-corrected chi connectivity index (χ1v) is 10.3. The molecule has 1 aromatic rings. The molecule has 1 aromatic carbocycles. The zero-order valence-corrected chi connectivity index (χ0v) is 19.5. The molecule has 3 N–H and O–H groups in total. The van der Waals surface area contributed by atoms with Crippen LogP contribution in [0.3, 0.4) is 0 Å². The summed E-state index contributed by atoms with van der Waals surface area (Å²) in [5, 5.41) is 10.6. The minimum Gasteiger partial charge on any atom is -0.369 e. The zero-order valence-electron chi connectivity index (χ0n) is 16.4. The third-order valence-electron chi connectivity index (χ3n) is 5.35. The maximum absolute atomic E-state index is 11.8. The highest BCUT2D eigenvalue weighted by Crippen LogP contribution is 2.26. The lowest BCUT2D eigenvalue weighted by atomic mass is 9.85. The van der Waals surface area contributed by atoms with Crippen LogP contribution >= 0.6 is 35.6 Å². The number of nitrogens with zero attached hydrogens (tertiary/aromatic N) is 2. The Morgan fingerprint density at radius 1 is 1.25 bits per heavy atom. The van der Waals surface area contributed by atoms with Gasteiger partial charge in [0.15, 0.2) is 5.96 Å². The second-order valence-electron chi connectivity index (χ2n) is 7.33. The fraction of sp³-hybridized carbons (Fsp3) is 0.600. The first-order chi connectivity index (χ1) is 13.2. The predicted octanol–water partition coefficient (Wildman–Crippen LogP) is 3.01. The molecule has 28 heavy (non-hydrogen) atoms. The number of carbonyl (C=O) groups excluding carboxylic acids is 1. The third-order valence-corrected chi connectivity index (χ3v) is 5.58. The van der Waals surface area contributed by atoms with Crippen LogP contribution < -0.4 is 20.9 Å². The normalized spacial score (nSPS) is 19.6. The number of carbonyl (C=O) groups is 1. The van der Waals surface area contributed by atoms with Crippen molar-refractivity contribution >= 4 is 53.1 Å². The summed E-state index contributed by atoms with van der Waals surface area (Å²) in [5.74, 6) is 1.30. The van der Waals surface area contributed by atoms with Gasteiger partial charge in [0.2, 0.25) is 5.91 Å². The molecule has 1 amide bonds. The number of rotatable bonds is 7. The second kappa shape index (κ2) is 11.7. The van der Waals surface area contributed by atoms with Crippen molar-refractivity contribution in [1.82, 2.24) is 16.0 Å². The van der Waals surface area contributed by atoms with Crippen molar-refractivity contribution in [2.45, 2.75) is 38.1 Å².